The number of nitrogens with two attached hydrogens (primary N) is 1. The molecule has 2 atom stereocenters. The smallest absolute Gasteiger partial charge is 0.223 e. The van der Waals surface area contributed by atoms with Crippen LogP contribution in [0.3, 0.4) is 0 Å². The highest BCUT2D eigenvalue weighted by molar-refractivity contribution is 5.85. The maximum atomic E-state index is 12.4. The number of halogens is 1. The lowest BCUT2D eigenvalue weighted by atomic mass is 9.95. The molecule has 0 spiro atoms. The Bertz CT molecular complexity index is 482. The van der Waals surface area contributed by atoms with Gasteiger partial charge < -0.3 is 15.8 Å². The average Bonchev–Trinajstić information content (AvgIpc) is 3.02. The van der Waals surface area contributed by atoms with Crippen LogP contribution in [0.4, 0.5) is 0 Å². The molecule has 0 aliphatic heterocycles. The van der Waals surface area contributed by atoms with Gasteiger partial charge in [0.15, 0.2) is 0 Å². The second-order valence-corrected chi connectivity index (χ2v) is 6.07. The van der Waals surface area contributed by atoms with Gasteiger partial charge in [-0.3, -0.25) is 4.79 Å². The van der Waals surface area contributed by atoms with E-state index < -0.39 is 0 Å². The van der Waals surface area contributed by atoms with Crippen LogP contribution in [0.25, 0.3) is 0 Å². The molecular formula is C18H29ClN2O2. The van der Waals surface area contributed by atoms with E-state index in [1.54, 1.807) is 0 Å². The number of carbonyl (C=O) groups is 1. The van der Waals surface area contributed by atoms with E-state index in [0.29, 0.717) is 25.6 Å². The fraction of sp³-hybridized carbons (Fsp3) is 0.611. The molecule has 1 aliphatic rings. The standard InChI is InChI=1S/C18H28N2O2.ClH/c1-2-10-22-13-16-7-4-3-6-15(16)12-20-18(21)17-9-5-8-14(17)11-19;/h3-4,6-7,14,17H,2,5,8-13,19H2,1H3,(H,20,21);1H/t14-,17-;/m1./s1. The molecule has 0 aromatic heterocycles. The lowest BCUT2D eigenvalue weighted by Crippen LogP contribution is -2.34. The zero-order chi connectivity index (χ0) is 15.8. The molecule has 0 bridgehead atoms. The molecule has 23 heavy (non-hydrogen) atoms. The van der Waals surface area contributed by atoms with Crippen molar-refractivity contribution in [2.45, 2.75) is 45.8 Å². The Labute approximate surface area is 145 Å². The van der Waals surface area contributed by atoms with Crippen molar-refractivity contribution in [3.63, 3.8) is 0 Å². The Morgan fingerprint density at radius 2 is 2.04 bits per heavy atom. The zero-order valence-corrected chi connectivity index (χ0v) is 14.7. The highest BCUT2D eigenvalue weighted by Crippen LogP contribution is 2.31. The van der Waals surface area contributed by atoms with Gasteiger partial charge in [-0.15, -0.1) is 12.4 Å². The van der Waals surface area contributed by atoms with E-state index in [-0.39, 0.29) is 24.2 Å². The van der Waals surface area contributed by atoms with Gasteiger partial charge in [0, 0.05) is 19.1 Å². The molecule has 1 aromatic rings. The predicted molar refractivity (Wildman–Crippen MR) is 95.4 cm³/mol. The Kier molecular flexibility index (Phi) is 9.22. The summed E-state index contributed by atoms with van der Waals surface area (Å²) >= 11 is 0. The average molecular weight is 341 g/mol. The summed E-state index contributed by atoms with van der Waals surface area (Å²) < 4.78 is 5.62. The number of rotatable bonds is 8. The molecule has 1 aromatic carbocycles. The first-order valence-corrected chi connectivity index (χ1v) is 8.38. The third-order valence-electron chi connectivity index (χ3n) is 4.48. The Balaban J connectivity index is 0.00000264. The molecule has 4 nitrogen and oxygen atoms in total. The lowest BCUT2D eigenvalue weighted by molar-refractivity contribution is -0.126. The van der Waals surface area contributed by atoms with E-state index in [2.05, 4.69) is 24.4 Å². The van der Waals surface area contributed by atoms with Gasteiger partial charge in [-0.05, 0) is 42.9 Å². The van der Waals surface area contributed by atoms with E-state index in [1.165, 1.54) is 0 Å². The maximum Gasteiger partial charge on any atom is 0.223 e. The highest BCUT2D eigenvalue weighted by Gasteiger charge is 2.31. The SMILES string of the molecule is CCCOCc1ccccc1CNC(=O)[C@@H]1CCC[C@@H]1CN.Cl. The molecule has 2 rings (SSSR count). The molecule has 1 fully saturated rings. The first-order chi connectivity index (χ1) is 10.8. The Morgan fingerprint density at radius 3 is 2.74 bits per heavy atom. The summed E-state index contributed by atoms with van der Waals surface area (Å²) in [4.78, 5) is 12.4. The van der Waals surface area contributed by atoms with Crippen LogP contribution >= 0.6 is 12.4 Å². The van der Waals surface area contributed by atoms with Crippen molar-refractivity contribution in [1.82, 2.24) is 5.32 Å². The third-order valence-corrected chi connectivity index (χ3v) is 4.48. The van der Waals surface area contributed by atoms with Crippen LogP contribution in [0.2, 0.25) is 0 Å². The second kappa shape index (κ2) is 10.6. The molecule has 5 heteroatoms. The highest BCUT2D eigenvalue weighted by atomic mass is 35.5. The van der Waals surface area contributed by atoms with Crippen molar-refractivity contribution >= 4 is 18.3 Å². The first kappa shape index (κ1) is 19.9. The second-order valence-electron chi connectivity index (χ2n) is 6.07. The summed E-state index contributed by atoms with van der Waals surface area (Å²) in [6, 6.07) is 8.13. The van der Waals surface area contributed by atoms with Crippen LogP contribution in [0.5, 0.6) is 0 Å². The van der Waals surface area contributed by atoms with Crippen molar-refractivity contribution < 1.29 is 9.53 Å². The zero-order valence-electron chi connectivity index (χ0n) is 13.9. The minimum absolute atomic E-state index is 0. The van der Waals surface area contributed by atoms with Crippen LogP contribution < -0.4 is 11.1 Å². The molecular weight excluding hydrogens is 312 g/mol. The molecule has 1 amide bonds. The monoisotopic (exact) mass is 340 g/mol. The van der Waals surface area contributed by atoms with Crippen LogP contribution in [0, 0.1) is 11.8 Å². The number of ether oxygens (including phenoxy) is 1. The van der Waals surface area contributed by atoms with E-state index in [4.69, 9.17) is 10.5 Å². The van der Waals surface area contributed by atoms with E-state index in [0.717, 1.165) is 43.4 Å². The molecule has 0 saturated heterocycles. The molecule has 0 heterocycles. The Morgan fingerprint density at radius 1 is 1.30 bits per heavy atom. The van der Waals surface area contributed by atoms with E-state index >= 15 is 0 Å². The lowest BCUT2D eigenvalue weighted by Gasteiger charge is -2.18. The van der Waals surface area contributed by atoms with Crippen LogP contribution in [0.1, 0.15) is 43.7 Å². The van der Waals surface area contributed by atoms with Gasteiger partial charge in [-0.2, -0.15) is 0 Å². The molecule has 1 saturated carbocycles. The third kappa shape index (κ3) is 5.79. The van der Waals surface area contributed by atoms with Gasteiger partial charge in [-0.1, -0.05) is 37.6 Å². The van der Waals surface area contributed by atoms with E-state index in [9.17, 15) is 4.79 Å². The fourth-order valence-corrected chi connectivity index (χ4v) is 3.17. The van der Waals surface area contributed by atoms with Gasteiger partial charge in [0.2, 0.25) is 5.91 Å². The topological polar surface area (TPSA) is 64.3 Å². The van der Waals surface area contributed by atoms with Crippen molar-refractivity contribution in [2.24, 2.45) is 17.6 Å². The summed E-state index contributed by atoms with van der Waals surface area (Å²) in [5.41, 5.74) is 8.05. The summed E-state index contributed by atoms with van der Waals surface area (Å²) in [7, 11) is 0. The minimum atomic E-state index is 0. The van der Waals surface area contributed by atoms with Gasteiger partial charge in [-0.25, -0.2) is 0 Å². The number of hydrogen-bond donors (Lipinski definition) is 2. The Hall–Kier alpha value is -1.10. The fourth-order valence-electron chi connectivity index (χ4n) is 3.17. The maximum absolute atomic E-state index is 12.4. The molecule has 130 valence electrons. The predicted octanol–water partition coefficient (Wildman–Crippen LogP) is 3.03. The minimum Gasteiger partial charge on any atom is -0.377 e. The van der Waals surface area contributed by atoms with Crippen molar-refractivity contribution in [2.75, 3.05) is 13.2 Å². The number of benzene rings is 1. The van der Waals surface area contributed by atoms with Crippen molar-refractivity contribution in [3.8, 4) is 0 Å². The van der Waals surface area contributed by atoms with Crippen LogP contribution in [-0.2, 0) is 22.7 Å². The number of carbonyl (C=O) groups excluding carboxylic acids is 1. The molecule has 0 unspecified atom stereocenters. The molecule has 3 N–H and O–H groups in total. The first-order valence-electron chi connectivity index (χ1n) is 8.38. The summed E-state index contributed by atoms with van der Waals surface area (Å²) in [6.45, 7) is 4.65. The van der Waals surface area contributed by atoms with Gasteiger partial charge in [0.05, 0.1) is 6.61 Å². The summed E-state index contributed by atoms with van der Waals surface area (Å²) in [6.07, 6.45) is 4.17. The quantitative estimate of drug-likeness (QED) is 0.715. The van der Waals surface area contributed by atoms with Gasteiger partial charge in [0.25, 0.3) is 0 Å². The molecule has 0 radical (unpaired) electrons. The number of nitrogens with one attached hydrogen (secondary N) is 1. The van der Waals surface area contributed by atoms with Gasteiger partial charge in [0.1, 0.15) is 0 Å². The summed E-state index contributed by atoms with van der Waals surface area (Å²) in [5, 5.41) is 3.09. The summed E-state index contributed by atoms with van der Waals surface area (Å²) in [5.74, 6) is 0.592. The molecule has 1 aliphatic carbocycles. The largest absolute Gasteiger partial charge is 0.377 e. The van der Waals surface area contributed by atoms with Gasteiger partial charge >= 0.3 is 0 Å². The van der Waals surface area contributed by atoms with Crippen molar-refractivity contribution in [3.05, 3.63) is 35.4 Å². The van der Waals surface area contributed by atoms with Crippen molar-refractivity contribution in [1.29, 1.82) is 0 Å². The van der Waals surface area contributed by atoms with Crippen LogP contribution in [-0.4, -0.2) is 19.1 Å². The number of amides is 1. The normalized spacial score (nSPS) is 20.1. The number of hydrogen-bond acceptors (Lipinski definition) is 3. The van der Waals surface area contributed by atoms with E-state index in [1.807, 2.05) is 12.1 Å². The van der Waals surface area contributed by atoms with Crippen LogP contribution in [0.15, 0.2) is 24.3 Å².